The number of para-hydroxylation sites is 1. The van der Waals surface area contributed by atoms with E-state index in [0.29, 0.717) is 17.4 Å². The molecule has 0 saturated carbocycles. The Hall–Kier alpha value is -1.89. The lowest BCUT2D eigenvalue weighted by Gasteiger charge is -2.31. The Morgan fingerprint density at radius 1 is 1.33 bits per heavy atom. The van der Waals surface area contributed by atoms with Crippen molar-refractivity contribution in [3.05, 3.63) is 52.3 Å². The predicted octanol–water partition coefficient (Wildman–Crippen LogP) is 3.46. The highest BCUT2D eigenvalue weighted by molar-refractivity contribution is 5.85. The Bertz CT molecular complexity index is 689. The van der Waals surface area contributed by atoms with Crippen molar-refractivity contribution in [2.45, 2.75) is 25.4 Å². The normalized spacial score (nSPS) is 18.1. The number of halogens is 1. The molecule has 1 unspecified atom stereocenters. The monoisotopic (exact) mass is 351 g/mol. The average Bonchev–Trinajstić information content (AvgIpc) is 3.03. The molecule has 1 aliphatic rings. The molecule has 1 fully saturated rings. The minimum Gasteiger partial charge on any atom is -0.459 e. The molecular formula is C17H22ClN3O3. The molecule has 2 heterocycles. The molecule has 1 aromatic carbocycles. The van der Waals surface area contributed by atoms with E-state index in [0.717, 1.165) is 25.4 Å². The number of rotatable bonds is 5. The summed E-state index contributed by atoms with van der Waals surface area (Å²) < 4.78 is 5.87. The summed E-state index contributed by atoms with van der Waals surface area (Å²) in [6.45, 7) is 2.79. The van der Waals surface area contributed by atoms with Crippen molar-refractivity contribution >= 4 is 18.1 Å². The molecule has 0 amide bonds. The van der Waals surface area contributed by atoms with Gasteiger partial charge >= 0.3 is 0 Å². The second kappa shape index (κ2) is 8.28. The van der Waals surface area contributed by atoms with Gasteiger partial charge in [0.1, 0.15) is 11.5 Å². The summed E-state index contributed by atoms with van der Waals surface area (Å²) in [5.41, 5.74) is 0.595. The number of furan rings is 1. The number of piperidine rings is 1. The molecular weight excluding hydrogens is 330 g/mol. The van der Waals surface area contributed by atoms with E-state index in [1.54, 1.807) is 18.2 Å². The molecule has 24 heavy (non-hydrogen) atoms. The molecule has 0 spiro atoms. The van der Waals surface area contributed by atoms with Crippen molar-refractivity contribution in [2.75, 3.05) is 20.1 Å². The molecule has 2 aromatic rings. The van der Waals surface area contributed by atoms with Gasteiger partial charge in [-0.25, -0.2) is 0 Å². The van der Waals surface area contributed by atoms with Crippen LogP contribution in [0.15, 0.2) is 40.8 Å². The van der Waals surface area contributed by atoms with Crippen LogP contribution in [0.1, 0.15) is 18.6 Å². The zero-order valence-corrected chi connectivity index (χ0v) is 14.4. The highest BCUT2D eigenvalue weighted by Crippen LogP contribution is 2.31. The highest BCUT2D eigenvalue weighted by atomic mass is 35.5. The second-order valence-corrected chi connectivity index (χ2v) is 5.90. The summed E-state index contributed by atoms with van der Waals surface area (Å²) in [5.74, 6) is 1.39. The summed E-state index contributed by atoms with van der Waals surface area (Å²) in [6, 6.07) is 10.9. The van der Waals surface area contributed by atoms with E-state index in [1.165, 1.54) is 18.9 Å². The fourth-order valence-corrected chi connectivity index (χ4v) is 3.10. The minimum atomic E-state index is -0.375. The summed E-state index contributed by atoms with van der Waals surface area (Å²) in [6.07, 6.45) is 2.37. The number of nitro groups is 1. The fourth-order valence-electron chi connectivity index (χ4n) is 3.10. The van der Waals surface area contributed by atoms with Crippen molar-refractivity contribution in [3.8, 4) is 11.3 Å². The molecule has 6 nitrogen and oxygen atoms in total. The van der Waals surface area contributed by atoms with E-state index in [4.69, 9.17) is 4.42 Å². The average molecular weight is 352 g/mol. The van der Waals surface area contributed by atoms with Gasteiger partial charge in [-0.3, -0.25) is 15.0 Å². The molecule has 0 radical (unpaired) electrons. The smallest absolute Gasteiger partial charge is 0.280 e. The lowest BCUT2D eigenvalue weighted by molar-refractivity contribution is -0.384. The van der Waals surface area contributed by atoms with Gasteiger partial charge in [-0.1, -0.05) is 12.1 Å². The fraction of sp³-hybridized carbons (Fsp3) is 0.412. The lowest BCUT2D eigenvalue weighted by Crippen LogP contribution is -2.43. The molecule has 130 valence electrons. The standard InChI is InChI=1S/C17H21N3O3.ClH/c1-18-13-5-4-10-19(11-13)12-14-8-9-17(23-14)15-6-2-3-7-16(15)20(21)22;/h2-3,6-9,13,18H,4-5,10-12H2,1H3;1H. The van der Waals surface area contributed by atoms with Crippen molar-refractivity contribution in [1.29, 1.82) is 0 Å². The van der Waals surface area contributed by atoms with Crippen molar-refractivity contribution < 1.29 is 9.34 Å². The molecule has 0 bridgehead atoms. The third-order valence-electron chi connectivity index (χ3n) is 4.32. The van der Waals surface area contributed by atoms with Crippen molar-refractivity contribution in [3.63, 3.8) is 0 Å². The van der Waals surface area contributed by atoms with Crippen molar-refractivity contribution in [1.82, 2.24) is 10.2 Å². The van der Waals surface area contributed by atoms with Crippen LogP contribution >= 0.6 is 12.4 Å². The maximum atomic E-state index is 11.1. The SMILES string of the molecule is CNC1CCCN(Cc2ccc(-c3ccccc3[N+](=O)[O-])o2)C1.Cl. The van der Waals surface area contributed by atoms with Crippen molar-refractivity contribution in [2.24, 2.45) is 0 Å². The molecule has 3 rings (SSSR count). The van der Waals surface area contributed by atoms with E-state index < -0.39 is 0 Å². The van der Waals surface area contributed by atoms with E-state index in [1.807, 2.05) is 19.2 Å². The number of likely N-dealkylation sites (N-methyl/N-ethyl adjacent to an activating group) is 1. The molecule has 1 saturated heterocycles. The molecule has 1 atom stereocenters. The van der Waals surface area contributed by atoms with Crippen LogP contribution in [0, 0.1) is 10.1 Å². The van der Waals surface area contributed by atoms with Gasteiger partial charge in [0.25, 0.3) is 5.69 Å². The largest absolute Gasteiger partial charge is 0.459 e. The zero-order chi connectivity index (χ0) is 16.2. The topological polar surface area (TPSA) is 71.5 Å². The number of hydrogen-bond acceptors (Lipinski definition) is 5. The number of nitrogens with zero attached hydrogens (tertiary/aromatic N) is 2. The van der Waals surface area contributed by atoms with Gasteiger partial charge in [-0.15, -0.1) is 12.4 Å². The second-order valence-electron chi connectivity index (χ2n) is 5.90. The quantitative estimate of drug-likeness (QED) is 0.659. The van der Waals surface area contributed by atoms with Crippen LogP contribution in [-0.4, -0.2) is 36.0 Å². The van der Waals surface area contributed by atoms with Gasteiger partial charge in [-0.2, -0.15) is 0 Å². The zero-order valence-electron chi connectivity index (χ0n) is 13.6. The summed E-state index contributed by atoms with van der Waals surface area (Å²) in [7, 11) is 1.99. The third-order valence-corrected chi connectivity index (χ3v) is 4.32. The molecule has 1 aromatic heterocycles. The van der Waals surface area contributed by atoms with Crippen LogP contribution < -0.4 is 5.32 Å². The van der Waals surface area contributed by atoms with Crippen LogP contribution in [0.3, 0.4) is 0 Å². The number of benzene rings is 1. The third kappa shape index (κ3) is 4.14. The summed E-state index contributed by atoms with van der Waals surface area (Å²) in [5, 5.41) is 14.5. The maximum absolute atomic E-state index is 11.1. The Morgan fingerprint density at radius 2 is 2.12 bits per heavy atom. The first-order valence-corrected chi connectivity index (χ1v) is 7.89. The highest BCUT2D eigenvalue weighted by Gasteiger charge is 2.21. The van der Waals surface area contributed by atoms with E-state index in [9.17, 15) is 10.1 Å². The Balaban J connectivity index is 0.00000208. The number of likely N-dealkylation sites (tertiary alicyclic amines) is 1. The number of nitro benzene ring substituents is 1. The molecule has 0 aliphatic carbocycles. The minimum absolute atomic E-state index is 0. The van der Waals surface area contributed by atoms with Crippen LogP contribution in [-0.2, 0) is 6.54 Å². The van der Waals surface area contributed by atoms with Crippen LogP contribution in [0.2, 0.25) is 0 Å². The van der Waals surface area contributed by atoms with Gasteiger partial charge in [0.05, 0.1) is 17.0 Å². The number of hydrogen-bond donors (Lipinski definition) is 1. The Kier molecular flexibility index (Phi) is 6.36. The van der Waals surface area contributed by atoms with Crippen LogP contribution in [0.4, 0.5) is 5.69 Å². The first-order valence-electron chi connectivity index (χ1n) is 7.89. The number of nitrogens with one attached hydrogen (secondary N) is 1. The Morgan fingerprint density at radius 3 is 2.88 bits per heavy atom. The van der Waals surface area contributed by atoms with Crippen LogP contribution in [0.5, 0.6) is 0 Å². The predicted molar refractivity (Wildman–Crippen MR) is 95.4 cm³/mol. The lowest BCUT2D eigenvalue weighted by atomic mass is 10.1. The van der Waals surface area contributed by atoms with Gasteiger partial charge in [0, 0.05) is 18.7 Å². The van der Waals surface area contributed by atoms with Crippen LogP contribution in [0.25, 0.3) is 11.3 Å². The van der Waals surface area contributed by atoms with E-state index in [2.05, 4.69) is 10.2 Å². The summed E-state index contributed by atoms with van der Waals surface area (Å²) >= 11 is 0. The van der Waals surface area contributed by atoms with E-state index >= 15 is 0 Å². The van der Waals surface area contributed by atoms with Gasteiger partial charge in [0.15, 0.2) is 0 Å². The molecule has 1 aliphatic heterocycles. The first kappa shape index (κ1) is 18.4. The maximum Gasteiger partial charge on any atom is 0.280 e. The van der Waals surface area contributed by atoms with Gasteiger partial charge in [0.2, 0.25) is 0 Å². The Labute approximate surface area is 147 Å². The summed E-state index contributed by atoms with van der Waals surface area (Å²) in [4.78, 5) is 13.1. The molecule has 1 N–H and O–H groups in total. The molecule has 7 heteroatoms. The van der Waals surface area contributed by atoms with E-state index in [-0.39, 0.29) is 23.0 Å². The van der Waals surface area contributed by atoms with Gasteiger partial charge in [-0.05, 0) is 44.6 Å². The van der Waals surface area contributed by atoms with Gasteiger partial charge < -0.3 is 9.73 Å². The first-order chi connectivity index (χ1) is 11.2.